The molecule has 2 heterocycles. The molecule has 0 spiro atoms. The minimum absolute atomic E-state index is 0.370. The number of thiocarbonyl (C=S) groups is 1. The van der Waals surface area contributed by atoms with Gasteiger partial charge in [0.25, 0.3) is 0 Å². The van der Waals surface area contributed by atoms with Crippen LogP contribution < -0.4 is 10.6 Å². The van der Waals surface area contributed by atoms with Crippen molar-refractivity contribution >= 4 is 23.0 Å². The molecule has 1 aliphatic heterocycles. The zero-order valence-corrected chi connectivity index (χ0v) is 11.0. The van der Waals surface area contributed by atoms with Crippen LogP contribution in [0, 0.1) is 5.92 Å². The van der Waals surface area contributed by atoms with Crippen molar-refractivity contribution < 1.29 is 0 Å². The third kappa shape index (κ3) is 3.16. The van der Waals surface area contributed by atoms with E-state index in [1.165, 1.54) is 19.3 Å². The summed E-state index contributed by atoms with van der Waals surface area (Å²) < 4.78 is 0. The van der Waals surface area contributed by atoms with Gasteiger partial charge in [0.1, 0.15) is 10.8 Å². The van der Waals surface area contributed by atoms with Crippen LogP contribution in [0.15, 0.2) is 18.2 Å². The molecule has 1 aromatic heterocycles. The number of nitrogens with zero attached hydrogens (tertiary/aromatic N) is 2. The van der Waals surface area contributed by atoms with Gasteiger partial charge in [-0.05, 0) is 37.3 Å². The molecular formula is C13H19N3S. The highest BCUT2D eigenvalue weighted by molar-refractivity contribution is 7.80. The zero-order valence-electron chi connectivity index (χ0n) is 10.2. The third-order valence-electron chi connectivity index (χ3n) is 3.33. The molecule has 1 atom stereocenters. The van der Waals surface area contributed by atoms with Gasteiger partial charge in [0.05, 0.1) is 5.69 Å². The van der Waals surface area contributed by atoms with Crippen molar-refractivity contribution in [1.29, 1.82) is 0 Å². The molecule has 4 heteroatoms. The summed E-state index contributed by atoms with van der Waals surface area (Å²) in [5.41, 5.74) is 6.33. The van der Waals surface area contributed by atoms with Gasteiger partial charge in [-0.25, -0.2) is 4.98 Å². The number of rotatable bonds is 2. The summed E-state index contributed by atoms with van der Waals surface area (Å²) in [6.07, 6.45) is 3.78. The van der Waals surface area contributed by atoms with E-state index in [1.54, 1.807) is 0 Å². The Balaban J connectivity index is 2.15. The van der Waals surface area contributed by atoms with Crippen molar-refractivity contribution in [2.45, 2.75) is 26.2 Å². The van der Waals surface area contributed by atoms with E-state index in [9.17, 15) is 0 Å². The molecule has 0 bridgehead atoms. The molecule has 0 aliphatic carbocycles. The van der Waals surface area contributed by atoms with Crippen LogP contribution in [-0.4, -0.2) is 23.1 Å². The third-order valence-corrected chi connectivity index (χ3v) is 3.54. The van der Waals surface area contributed by atoms with Gasteiger partial charge >= 0.3 is 0 Å². The fraction of sp³-hybridized carbons (Fsp3) is 0.538. The predicted octanol–water partition coefficient (Wildman–Crippen LogP) is 2.34. The molecule has 1 aliphatic rings. The van der Waals surface area contributed by atoms with E-state index in [2.05, 4.69) is 16.8 Å². The topological polar surface area (TPSA) is 42.1 Å². The first-order valence-corrected chi connectivity index (χ1v) is 6.59. The normalized spacial score (nSPS) is 21.0. The molecule has 1 fully saturated rings. The van der Waals surface area contributed by atoms with Gasteiger partial charge < -0.3 is 10.6 Å². The molecule has 17 heavy (non-hydrogen) atoms. The molecule has 1 unspecified atom stereocenters. The number of hydrogen-bond acceptors (Lipinski definition) is 3. The van der Waals surface area contributed by atoms with Gasteiger partial charge in [0.2, 0.25) is 0 Å². The Bertz CT molecular complexity index is 405. The summed E-state index contributed by atoms with van der Waals surface area (Å²) in [5.74, 6) is 1.82. The average molecular weight is 249 g/mol. The monoisotopic (exact) mass is 249 g/mol. The summed E-state index contributed by atoms with van der Waals surface area (Å²) in [6, 6.07) is 5.88. The standard InChI is InChI=1S/C13H19N3S/c1-10-4-3-8-16(9-7-10)12-6-2-5-11(15-12)13(14)17/h2,5-6,10H,3-4,7-9H2,1H3,(H2,14,17). The van der Waals surface area contributed by atoms with Crippen LogP contribution in [0.5, 0.6) is 0 Å². The maximum absolute atomic E-state index is 5.62. The van der Waals surface area contributed by atoms with Gasteiger partial charge in [0, 0.05) is 13.1 Å². The number of anilines is 1. The second kappa shape index (κ2) is 5.45. The lowest BCUT2D eigenvalue weighted by molar-refractivity contribution is 0.521. The van der Waals surface area contributed by atoms with Gasteiger partial charge in [-0.2, -0.15) is 0 Å². The van der Waals surface area contributed by atoms with Crippen LogP contribution in [0.1, 0.15) is 31.9 Å². The number of aromatic nitrogens is 1. The van der Waals surface area contributed by atoms with Crippen molar-refractivity contribution in [3.05, 3.63) is 23.9 Å². The molecule has 92 valence electrons. The minimum Gasteiger partial charge on any atom is -0.388 e. The lowest BCUT2D eigenvalue weighted by atomic mass is 10.0. The smallest absolute Gasteiger partial charge is 0.129 e. The van der Waals surface area contributed by atoms with Crippen molar-refractivity contribution in [3.8, 4) is 0 Å². The molecule has 0 radical (unpaired) electrons. The van der Waals surface area contributed by atoms with Crippen LogP contribution in [0.2, 0.25) is 0 Å². The van der Waals surface area contributed by atoms with Crippen molar-refractivity contribution in [2.24, 2.45) is 11.7 Å². The molecule has 2 N–H and O–H groups in total. The van der Waals surface area contributed by atoms with E-state index in [1.807, 2.05) is 18.2 Å². The molecule has 0 amide bonds. The second-order valence-corrected chi connectivity index (χ2v) is 5.21. The Kier molecular flexibility index (Phi) is 3.94. The molecule has 1 saturated heterocycles. The van der Waals surface area contributed by atoms with Crippen LogP contribution in [0.3, 0.4) is 0 Å². The number of hydrogen-bond donors (Lipinski definition) is 1. The van der Waals surface area contributed by atoms with E-state index in [4.69, 9.17) is 18.0 Å². The van der Waals surface area contributed by atoms with Crippen molar-refractivity contribution in [2.75, 3.05) is 18.0 Å². The lowest BCUT2D eigenvalue weighted by Gasteiger charge is -2.21. The SMILES string of the molecule is CC1CCCN(c2cccc(C(N)=S)n2)CC1. The molecule has 3 nitrogen and oxygen atoms in total. The first kappa shape index (κ1) is 12.3. The van der Waals surface area contributed by atoms with Crippen molar-refractivity contribution in [1.82, 2.24) is 4.98 Å². The Morgan fingerprint density at radius 1 is 1.41 bits per heavy atom. The largest absolute Gasteiger partial charge is 0.388 e. The summed E-state index contributed by atoms with van der Waals surface area (Å²) in [7, 11) is 0. The number of pyridine rings is 1. The molecule has 2 rings (SSSR count). The van der Waals surface area contributed by atoms with Gasteiger partial charge in [-0.15, -0.1) is 0 Å². The van der Waals surface area contributed by atoms with Gasteiger partial charge in [-0.1, -0.05) is 25.2 Å². The number of nitrogens with two attached hydrogens (primary N) is 1. The van der Waals surface area contributed by atoms with Gasteiger partial charge in [0.15, 0.2) is 0 Å². The van der Waals surface area contributed by atoms with E-state index in [-0.39, 0.29) is 0 Å². The van der Waals surface area contributed by atoms with E-state index in [0.717, 1.165) is 30.5 Å². The first-order valence-electron chi connectivity index (χ1n) is 6.18. The fourth-order valence-electron chi connectivity index (χ4n) is 2.23. The van der Waals surface area contributed by atoms with Crippen molar-refractivity contribution in [3.63, 3.8) is 0 Å². The Morgan fingerprint density at radius 3 is 3.00 bits per heavy atom. The lowest BCUT2D eigenvalue weighted by Crippen LogP contribution is -2.26. The maximum Gasteiger partial charge on any atom is 0.129 e. The molecule has 0 aromatic carbocycles. The van der Waals surface area contributed by atoms with E-state index in [0.29, 0.717) is 4.99 Å². The Hall–Kier alpha value is -1.16. The Morgan fingerprint density at radius 2 is 2.24 bits per heavy atom. The average Bonchev–Trinajstić information content (AvgIpc) is 2.54. The molecule has 1 aromatic rings. The minimum atomic E-state index is 0.370. The fourth-order valence-corrected chi connectivity index (χ4v) is 2.34. The molecular weight excluding hydrogens is 230 g/mol. The van der Waals surface area contributed by atoms with Crippen LogP contribution >= 0.6 is 12.2 Å². The maximum atomic E-state index is 5.62. The van der Waals surface area contributed by atoms with E-state index < -0.39 is 0 Å². The Labute approximate surface area is 108 Å². The van der Waals surface area contributed by atoms with E-state index >= 15 is 0 Å². The molecule has 0 saturated carbocycles. The van der Waals surface area contributed by atoms with Gasteiger partial charge in [-0.3, -0.25) is 0 Å². The summed E-state index contributed by atoms with van der Waals surface area (Å²) in [5, 5.41) is 0. The first-order chi connectivity index (χ1) is 8.16. The van der Waals surface area contributed by atoms with Crippen LogP contribution in [-0.2, 0) is 0 Å². The predicted molar refractivity (Wildman–Crippen MR) is 75.4 cm³/mol. The second-order valence-electron chi connectivity index (χ2n) is 4.77. The summed E-state index contributed by atoms with van der Waals surface area (Å²) in [4.78, 5) is 7.23. The highest BCUT2D eigenvalue weighted by Gasteiger charge is 2.15. The highest BCUT2D eigenvalue weighted by atomic mass is 32.1. The van der Waals surface area contributed by atoms with Crippen LogP contribution in [0.4, 0.5) is 5.82 Å². The quantitative estimate of drug-likeness (QED) is 0.817. The summed E-state index contributed by atoms with van der Waals surface area (Å²) >= 11 is 4.97. The zero-order chi connectivity index (χ0) is 12.3. The highest BCUT2D eigenvalue weighted by Crippen LogP contribution is 2.21. The summed E-state index contributed by atoms with van der Waals surface area (Å²) in [6.45, 7) is 4.48. The van der Waals surface area contributed by atoms with Crippen LogP contribution in [0.25, 0.3) is 0 Å².